The standard InChI is InChI=1S/C15H19N3O2/c1-3-9-4-5-10-12(8-9)18(2)17-14(10)11-6-7-13(19)16-15(11)20/h4-5,8,10-12H,3,6-7H2,1-2H3,(H,16,19,20). The molecular weight excluding hydrogens is 254 g/mol. The average Bonchev–Trinajstić information content (AvgIpc) is 2.75. The maximum absolute atomic E-state index is 12.0. The number of piperidine rings is 1. The molecule has 0 saturated carbocycles. The molecule has 0 radical (unpaired) electrons. The molecule has 2 amide bonds. The van der Waals surface area contributed by atoms with E-state index in [-0.39, 0.29) is 29.7 Å². The lowest BCUT2D eigenvalue weighted by atomic mass is 9.80. The summed E-state index contributed by atoms with van der Waals surface area (Å²) >= 11 is 0. The summed E-state index contributed by atoms with van der Waals surface area (Å²) in [5.41, 5.74) is 2.20. The van der Waals surface area contributed by atoms with Crippen LogP contribution in [0.4, 0.5) is 0 Å². The zero-order chi connectivity index (χ0) is 14.3. The van der Waals surface area contributed by atoms with Gasteiger partial charge >= 0.3 is 0 Å². The van der Waals surface area contributed by atoms with Crippen LogP contribution in [0.25, 0.3) is 0 Å². The lowest BCUT2D eigenvalue weighted by molar-refractivity contribution is -0.134. The molecule has 1 fully saturated rings. The lowest BCUT2D eigenvalue weighted by Gasteiger charge is -2.27. The number of nitrogens with one attached hydrogen (secondary N) is 1. The highest BCUT2D eigenvalue weighted by Crippen LogP contribution is 2.33. The number of likely N-dealkylation sites (N-methyl/N-ethyl adjacent to an activating group) is 1. The van der Waals surface area contributed by atoms with E-state index >= 15 is 0 Å². The van der Waals surface area contributed by atoms with E-state index in [1.165, 1.54) is 5.57 Å². The number of hydrazone groups is 1. The van der Waals surface area contributed by atoms with Crippen molar-refractivity contribution in [3.05, 3.63) is 23.8 Å². The number of carbonyl (C=O) groups excluding carboxylic acids is 2. The van der Waals surface area contributed by atoms with Crippen molar-refractivity contribution in [1.29, 1.82) is 0 Å². The van der Waals surface area contributed by atoms with Crippen molar-refractivity contribution in [2.24, 2.45) is 16.9 Å². The Labute approximate surface area is 118 Å². The fourth-order valence-corrected chi connectivity index (χ4v) is 3.16. The Morgan fingerprint density at radius 2 is 2.25 bits per heavy atom. The van der Waals surface area contributed by atoms with Gasteiger partial charge in [-0.15, -0.1) is 0 Å². The molecule has 0 aromatic carbocycles. The largest absolute Gasteiger partial charge is 0.296 e. The highest BCUT2D eigenvalue weighted by atomic mass is 16.2. The molecule has 0 bridgehead atoms. The van der Waals surface area contributed by atoms with Crippen molar-refractivity contribution in [2.75, 3.05) is 7.05 Å². The minimum absolute atomic E-state index is 0.152. The molecule has 106 valence electrons. The van der Waals surface area contributed by atoms with Crippen LogP contribution in [-0.2, 0) is 9.59 Å². The zero-order valence-corrected chi connectivity index (χ0v) is 11.8. The maximum Gasteiger partial charge on any atom is 0.235 e. The molecule has 1 aliphatic carbocycles. The number of carbonyl (C=O) groups is 2. The van der Waals surface area contributed by atoms with Crippen LogP contribution in [0.1, 0.15) is 26.2 Å². The molecular formula is C15H19N3O2. The first-order valence-corrected chi connectivity index (χ1v) is 7.14. The van der Waals surface area contributed by atoms with Crippen LogP contribution >= 0.6 is 0 Å². The molecule has 3 aliphatic rings. The normalized spacial score (nSPS) is 32.7. The molecule has 2 heterocycles. The van der Waals surface area contributed by atoms with Crippen LogP contribution in [0.3, 0.4) is 0 Å². The fraction of sp³-hybridized carbons (Fsp3) is 0.533. The molecule has 0 aromatic rings. The summed E-state index contributed by atoms with van der Waals surface area (Å²) in [6.45, 7) is 2.13. The van der Waals surface area contributed by atoms with Crippen LogP contribution in [0.2, 0.25) is 0 Å². The molecule has 1 N–H and O–H groups in total. The van der Waals surface area contributed by atoms with E-state index in [0.29, 0.717) is 12.8 Å². The van der Waals surface area contributed by atoms with Gasteiger partial charge in [-0.2, -0.15) is 5.10 Å². The van der Waals surface area contributed by atoms with E-state index in [9.17, 15) is 9.59 Å². The Balaban J connectivity index is 1.84. The minimum Gasteiger partial charge on any atom is -0.296 e. The number of imide groups is 1. The third kappa shape index (κ3) is 2.07. The number of nitrogens with zero attached hydrogens (tertiary/aromatic N) is 2. The van der Waals surface area contributed by atoms with Gasteiger partial charge < -0.3 is 0 Å². The summed E-state index contributed by atoms with van der Waals surface area (Å²) < 4.78 is 0. The molecule has 2 aliphatic heterocycles. The maximum atomic E-state index is 12.0. The quantitative estimate of drug-likeness (QED) is 0.770. The van der Waals surface area contributed by atoms with E-state index in [1.807, 2.05) is 12.1 Å². The Morgan fingerprint density at radius 1 is 1.45 bits per heavy atom. The third-order valence-corrected chi connectivity index (χ3v) is 4.32. The van der Waals surface area contributed by atoms with Crippen molar-refractivity contribution < 1.29 is 9.59 Å². The van der Waals surface area contributed by atoms with Gasteiger partial charge in [0, 0.05) is 19.4 Å². The Hall–Kier alpha value is -1.91. The number of hydrogen-bond acceptors (Lipinski definition) is 4. The van der Waals surface area contributed by atoms with Crippen molar-refractivity contribution in [3.63, 3.8) is 0 Å². The number of rotatable bonds is 2. The summed E-state index contributed by atoms with van der Waals surface area (Å²) in [5.74, 6) is -0.500. The smallest absolute Gasteiger partial charge is 0.235 e. The van der Waals surface area contributed by atoms with E-state index in [1.54, 1.807) is 0 Å². The van der Waals surface area contributed by atoms with Gasteiger partial charge in [-0.25, -0.2) is 0 Å². The first-order chi connectivity index (χ1) is 9.60. The lowest BCUT2D eigenvalue weighted by Crippen LogP contribution is -2.45. The summed E-state index contributed by atoms with van der Waals surface area (Å²) in [6, 6.07) is 0.204. The van der Waals surface area contributed by atoms with Crippen LogP contribution in [0.15, 0.2) is 28.9 Å². The van der Waals surface area contributed by atoms with Crippen molar-refractivity contribution >= 4 is 17.5 Å². The molecule has 3 rings (SSSR count). The number of amides is 2. The predicted octanol–water partition coefficient (Wildman–Crippen LogP) is 1.23. The molecule has 5 heteroatoms. The molecule has 3 atom stereocenters. The predicted molar refractivity (Wildman–Crippen MR) is 75.9 cm³/mol. The summed E-state index contributed by atoms with van der Waals surface area (Å²) in [7, 11) is 1.94. The molecule has 3 unspecified atom stereocenters. The van der Waals surface area contributed by atoms with E-state index in [2.05, 4.69) is 35.6 Å². The monoisotopic (exact) mass is 273 g/mol. The van der Waals surface area contributed by atoms with E-state index in [0.717, 1.165) is 12.1 Å². The van der Waals surface area contributed by atoms with Crippen molar-refractivity contribution in [1.82, 2.24) is 10.3 Å². The molecule has 1 saturated heterocycles. The average molecular weight is 273 g/mol. The van der Waals surface area contributed by atoms with E-state index in [4.69, 9.17) is 0 Å². The van der Waals surface area contributed by atoms with Gasteiger partial charge in [0.15, 0.2) is 0 Å². The SMILES string of the molecule is CCC1=CC2C(C=C1)C(C1CCC(=O)NC1=O)=NN2C. The van der Waals surface area contributed by atoms with Gasteiger partial charge in [0.05, 0.1) is 17.7 Å². The summed E-state index contributed by atoms with van der Waals surface area (Å²) in [4.78, 5) is 23.3. The Kier molecular flexibility index (Phi) is 3.20. The second-order valence-electron chi connectivity index (χ2n) is 5.57. The van der Waals surface area contributed by atoms with Gasteiger partial charge in [-0.05, 0) is 12.8 Å². The Morgan fingerprint density at radius 3 is 2.95 bits per heavy atom. The van der Waals surface area contributed by atoms with Crippen LogP contribution in [0.5, 0.6) is 0 Å². The van der Waals surface area contributed by atoms with Gasteiger partial charge in [-0.1, -0.05) is 30.7 Å². The van der Waals surface area contributed by atoms with Gasteiger partial charge in [0.1, 0.15) is 0 Å². The van der Waals surface area contributed by atoms with Crippen LogP contribution in [-0.4, -0.2) is 35.6 Å². The first kappa shape index (κ1) is 13.1. The van der Waals surface area contributed by atoms with Crippen molar-refractivity contribution in [3.8, 4) is 0 Å². The van der Waals surface area contributed by atoms with Crippen molar-refractivity contribution in [2.45, 2.75) is 32.2 Å². The second kappa shape index (κ2) is 4.89. The second-order valence-corrected chi connectivity index (χ2v) is 5.57. The van der Waals surface area contributed by atoms with Crippen LogP contribution < -0.4 is 5.32 Å². The number of fused-ring (bicyclic) bond motifs is 1. The molecule has 0 aromatic heterocycles. The topological polar surface area (TPSA) is 61.8 Å². The van der Waals surface area contributed by atoms with E-state index < -0.39 is 0 Å². The molecule has 0 spiro atoms. The highest BCUT2D eigenvalue weighted by molar-refractivity contribution is 6.12. The molecule has 5 nitrogen and oxygen atoms in total. The van der Waals surface area contributed by atoms with Crippen LogP contribution in [0, 0.1) is 11.8 Å². The number of hydrogen-bond donors (Lipinski definition) is 1. The zero-order valence-electron chi connectivity index (χ0n) is 11.8. The summed E-state index contributed by atoms with van der Waals surface area (Å²) in [6.07, 6.45) is 8.47. The van der Waals surface area contributed by atoms with Gasteiger partial charge in [0.25, 0.3) is 0 Å². The molecule has 20 heavy (non-hydrogen) atoms. The fourth-order valence-electron chi connectivity index (χ4n) is 3.16. The van der Waals surface area contributed by atoms with Gasteiger partial charge in [-0.3, -0.25) is 19.9 Å². The van der Waals surface area contributed by atoms with Gasteiger partial charge in [0.2, 0.25) is 11.8 Å². The highest BCUT2D eigenvalue weighted by Gasteiger charge is 2.41. The Bertz CT molecular complexity index is 547. The summed E-state index contributed by atoms with van der Waals surface area (Å²) in [5, 5.41) is 8.94. The third-order valence-electron chi connectivity index (χ3n) is 4.32. The first-order valence-electron chi connectivity index (χ1n) is 7.14. The number of allylic oxidation sites excluding steroid dienone is 2. The minimum atomic E-state index is -0.272.